The van der Waals surface area contributed by atoms with Crippen LogP contribution >= 0.6 is 0 Å². The molecule has 0 saturated heterocycles. The Morgan fingerprint density at radius 3 is 2.71 bits per heavy atom. The molecule has 0 bridgehead atoms. The number of nitrogens with one attached hydrogen (secondary N) is 1. The van der Waals surface area contributed by atoms with Crippen LogP contribution in [0.4, 0.5) is 11.4 Å². The van der Waals surface area contributed by atoms with Crippen LogP contribution in [0, 0.1) is 10.1 Å². The number of benzene rings is 2. The van der Waals surface area contributed by atoms with Gasteiger partial charge in [-0.1, -0.05) is 12.1 Å². The van der Waals surface area contributed by atoms with Gasteiger partial charge in [0.2, 0.25) is 5.75 Å². The molecule has 10 heteroatoms. The number of fused-ring (bicyclic) bond motifs is 1. The molecule has 1 aliphatic heterocycles. The molecule has 3 rings (SSSR count). The Kier molecular flexibility index (Phi) is 3.81. The summed E-state index contributed by atoms with van der Waals surface area (Å²) in [5.41, 5.74) is -0.297. The molecule has 0 aromatic heterocycles. The van der Waals surface area contributed by atoms with Crippen LogP contribution in [-0.4, -0.2) is 25.9 Å². The highest BCUT2D eigenvalue weighted by Gasteiger charge is 2.25. The van der Waals surface area contributed by atoms with Gasteiger partial charge in [0.25, 0.3) is 5.91 Å². The average Bonchev–Trinajstić information content (AvgIpc) is 2.54. The van der Waals surface area contributed by atoms with E-state index in [0.717, 1.165) is 12.1 Å². The number of nitro benzene ring substituents is 1. The van der Waals surface area contributed by atoms with E-state index in [1.807, 2.05) is 0 Å². The van der Waals surface area contributed by atoms with Crippen LogP contribution in [0.15, 0.2) is 47.4 Å². The molecule has 0 fully saturated rings. The second-order valence-electron chi connectivity index (χ2n) is 4.76. The van der Waals surface area contributed by atoms with Crippen LogP contribution < -0.4 is 14.2 Å². The minimum absolute atomic E-state index is 0.161. The maximum absolute atomic E-state index is 12.3. The van der Waals surface area contributed by atoms with Gasteiger partial charge in [-0.05, 0) is 24.3 Å². The van der Waals surface area contributed by atoms with Crippen molar-refractivity contribution in [3.63, 3.8) is 0 Å². The zero-order chi connectivity index (χ0) is 17.3. The Hall–Kier alpha value is -3.14. The largest absolute Gasteiger partial charge is 0.482 e. The van der Waals surface area contributed by atoms with Gasteiger partial charge in [-0.3, -0.25) is 14.9 Å². The number of ether oxygens (including phenoxy) is 1. The Bertz CT molecular complexity index is 940. The Balaban J connectivity index is 1.96. The van der Waals surface area contributed by atoms with Gasteiger partial charge in [-0.15, -0.1) is 0 Å². The fraction of sp³-hybridized carbons (Fsp3) is 0.0714. The second-order valence-corrected chi connectivity index (χ2v) is 6.30. The van der Waals surface area contributed by atoms with E-state index in [4.69, 9.17) is 8.92 Å². The summed E-state index contributed by atoms with van der Waals surface area (Å²) in [5.74, 6) is -0.503. The zero-order valence-corrected chi connectivity index (χ0v) is 12.8. The molecule has 0 aliphatic carbocycles. The number of carbonyl (C=O) groups is 1. The molecule has 2 aromatic rings. The first-order valence-electron chi connectivity index (χ1n) is 6.61. The van der Waals surface area contributed by atoms with Gasteiger partial charge in [-0.2, -0.15) is 8.42 Å². The molecule has 2 aromatic carbocycles. The van der Waals surface area contributed by atoms with Gasteiger partial charge in [0.15, 0.2) is 6.61 Å². The van der Waals surface area contributed by atoms with Crippen molar-refractivity contribution in [2.45, 2.75) is 4.90 Å². The average molecular weight is 350 g/mol. The fourth-order valence-corrected chi connectivity index (χ4v) is 3.03. The van der Waals surface area contributed by atoms with Crippen molar-refractivity contribution < 1.29 is 27.1 Å². The molecule has 24 heavy (non-hydrogen) atoms. The molecule has 0 spiro atoms. The normalized spacial score (nSPS) is 13.4. The smallest absolute Gasteiger partial charge is 0.339 e. The predicted octanol–water partition coefficient (Wildman–Crippen LogP) is 1.69. The molecule has 0 saturated carbocycles. The van der Waals surface area contributed by atoms with E-state index in [1.165, 1.54) is 30.3 Å². The fourth-order valence-electron chi connectivity index (χ4n) is 2.06. The van der Waals surface area contributed by atoms with Crippen molar-refractivity contribution in [2.75, 3.05) is 11.9 Å². The van der Waals surface area contributed by atoms with Crippen molar-refractivity contribution in [1.82, 2.24) is 0 Å². The van der Waals surface area contributed by atoms with E-state index >= 15 is 0 Å². The Labute approximate surface area is 136 Å². The maximum Gasteiger partial charge on any atom is 0.339 e. The van der Waals surface area contributed by atoms with Gasteiger partial charge >= 0.3 is 15.8 Å². The van der Waals surface area contributed by atoms with Crippen molar-refractivity contribution in [3.8, 4) is 11.5 Å². The molecule has 1 N–H and O–H groups in total. The van der Waals surface area contributed by atoms with Crippen LogP contribution in [0.3, 0.4) is 0 Å². The van der Waals surface area contributed by atoms with Crippen molar-refractivity contribution >= 4 is 27.4 Å². The number of amides is 1. The second kappa shape index (κ2) is 5.81. The molecule has 0 atom stereocenters. The van der Waals surface area contributed by atoms with Gasteiger partial charge in [-0.25, -0.2) is 0 Å². The molecule has 1 aliphatic rings. The predicted molar refractivity (Wildman–Crippen MR) is 81.5 cm³/mol. The third-order valence-electron chi connectivity index (χ3n) is 3.13. The quantitative estimate of drug-likeness (QED) is 0.505. The molecular weight excluding hydrogens is 340 g/mol. The van der Waals surface area contributed by atoms with E-state index in [0.29, 0.717) is 5.75 Å². The minimum Gasteiger partial charge on any atom is -0.482 e. The number of nitro groups is 1. The summed E-state index contributed by atoms with van der Waals surface area (Å²) in [5, 5.41) is 13.4. The maximum atomic E-state index is 12.3. The molecule has 1 heterocycles. The molecule has 0 unspecified atom stereocenters. The molecule has 124 valence electrons. The minimum atomic E-state index is -4.33. The van der Waals surface area contributed by atoms with Crippen molar-refractivity contribution in [3.05, 3.63) is 52.6 Å². The summed E-state index contributed by atoms with van der Waals surface area (Å²) >= 11 is 0. The number of hydrogen-bond acceptors (Lipinski definition) is 7. The van der Waals surface area contributed by atoms with E-state index in [2.05, 4.69) is 5.32 Å². The van der Waals surface area contributed by atoms with Crippen molar-refractivity contribution in [2.24, 2.45) is 0 Å². The lowest BCUT2D eigenvalue weighted by Crippen LogP contribution is -2.25. The third-order valence-corrected chi connectivity index (χ3v) is 4.36. The van der Waals surface area contributed by atoms with E-state index < -0.39 is 32.4 Å². The van der Waals surface area contributed by atoms with Gasteiger partial charge in [0.1, 0.15) is 10.6 Å². The lowest BCUT2D eigenvalue weighted by atomic mass is 10.2. The summed E-state index contributed by atoms with van der Waals surface area (Å²) in [4.78, 5) is 21.2. The van der Waals surface area contributed by atoms with E-state index in [-0.39, 0.29) is 17.2 Å². The summed E-state index contributed by atoms with van der Waals surface area (Å²) < 4.78 is 34.7. The number of anilines is 1. The highest BCUT2D eigenvalue weighted by molar-refractivity contribution is 7.87. The van der Waals surface area contributed by atoms with Gasteiger partial charge in [0.05, 0.1) is 10.6 Å². The number of carbonyl (C=O) groups excluding carboxylic acids is 1. The highest BCUT2D eigenvalue weighted by atomic mass is 32.2. The standard InChI is InChI=1S/C14H10N2O7S/c17-14-8-22-12-6-5-9(7-10(12)15-14)24(20,21)23-13-4-2-1-3-11(13)16(18)19/h1-7H,8H2,(H,15,17). The van der Waals surface area contributed by atoms with Crippen LogP contribution in [0.5, 0.6) is 11.5 Å². The van der Waals surface area contributed by atoms with Crippen LogP contribution in [-0.2, 0) is 14.9 Å². The number of rotatable bonds is 4. The third kappa shape index (κ3) is 2.99. The topological polar surface area (TPSA) is 125 Å². The lowest BCUT2D eigenvalue weighted by molar-refractivity contribution is -0.385. The van der Waals surface area contributed by atoms with Gasteiger partial charge < -0.3 is 14.2 Å². The number of nitrogens with zero attached hydrogens (tertiary/aromatic N) is 1. The van der Waals surface area contributed by atoms with E-state index in [1.54, 1.807) is 0 Å². The molecule has 9 nitrogen and oxygen atoms in total. The molecule has 1 amide bonds. The van der Waals surface area contributed by atoms with Crippen LogP contribution in [0.25, 0.3) is 0 Å². The van der Waals surface area contributed by atoms with Crippen molar-refractivity contribution in [1.29, 1.82) is 0 Å². The van der Waals surface area contributed by atoms with Crippen LogP contribution in [0.2, 0.25) is 0 Å². The monoisotopic (exact) mass is 350 g/mol. The lowest BCUT2D eigenvalue weighted by Gasteiger charge is -2.18. The first kappa shape index (κ1) is 15.7. The summed E-state index contributed by atoms with van der Waals surface area (Å²) in [7, 11) is -4.33. The Morgan fingerprint density at radius 2 is 1.96 bits per heavy atom. The SMILES string of the molecule is O=C1COc2ccc(S(=O)(=O)Oc3ccccc3[N+](=O)[O-])cc2N1. The van der Waals surface area contributed by atoms with E-state index in [9.17, 15) is 23.3 Å². The molecular formula is C14H10N2O7S. The number of hydrogen-bond donors (Lipinski definition) is 1. The first-order valence-corrected chi connectivity index (χ1v) is 8.02. The molecule has 0 radical (unpaired) electrons. The summed E-state index contributed by atoms with van der Waals surface area (Å²) in [6, 6.07) is 8.87. The zero-order valence-electron chi connectivity index (χ0n) is 12.0. The summed E-state index contributed by atoms with van der Waals surface area (Å²) in [6.07, 6.45) is 0. The van der Waals surface area contributed by atoms with Crippen LogP contribution in [0.1, 0.15) is 0 Å². The first-order chi connectivity index (χ1) is 11.4. The van der Waals surface area contributed by atoms with Gasteiger partial charge in [0, 0.05) is 6.07 Å². The summed E-state index contributed by atoms with van der Waals surface area (Å²) in [6.45, 7) is -0.161. The number of para-hydroxylation sites is 2. The highest BCUT2D eigenvalue weighted by Crippen LogP contribution is 2.33. The Morgan fingerprint density at radius 1 is 1.21 bits per heavy atom.